The van der Waals surface area contributed by atoms with Crippen molar-refractivity contribution < 1.29 is 0 Å². The standard InChI is InChI=1S/C5H33B6N11Si5/c1-23-18-6(12)17(7(13)19(24-2)8(18)14)11-21(26-4)9(15)20(25-3)10(16)22(11)27-5/h23H,1,12-16,24-27H2,2-5H3. The molecule has 0 aromatic rings. The van der Waals surface area contributed by atoms with Gasteiger partial charge in [-0.3, -0.25) is 0 Å². The predicted octanol–water partition coefficient (Wildman–Crippen LogP) is -9.16. The van der Waals surface area contributed by atoms with E-state index in [4.69, 9.17) is 28.2 Å². The lowest BCUT2D eigenvalue weighted by Gasteiger charge is -2.59. The maximum absolute atomic E-state index is 6.73. The van der Waals surface area contributed by atoms with E-state index in [0.29, 0.717) is 0 Å². The summed E-state index contributed by atoms with van der Waals surface area (Å²) in [6.45, 7) is 8.96. The van der Waals surface area contributed by atoms with E-state index in [1.807, 2.05) is 0 Å². The van der Waals surface area contributed by atoms with Crippen molar-refractivity contribution in [1.29, 1.82) is 0 Å². The molecular formula is C5H33B6N11Si5. The van der Waals surface area contributed by atoms with Crippen molar-refractivity contribution in [3.05, 3.63) is 0 Å². The second-order valence-electron chi connectivity index (χ2n) is 6.81. The minimum atomic E-state index is -0.596. The lowest BCUT2D eigenvalue weighted by Crippen LogP contribution is -2.94. The van der Waals surface area contributed by atoms with Crippen LogP contribution in [0.1, 0.15) is 0 Å². The Morgan fingerprint density at radius 2 is 1.04 bits per heavy atom. The third-order valence-electron chi connectivity index (χ3n) is 5.79. The van der Waals surface area contributed by atoms with Crippen molar-refractivity contribution in [1.82, 2.24) is 26.6 Å². The quantitative estimate of drug-likeness (QED) is 0.244. The van der Waals surface area contributed by atoms with Gasteiger partial charge in [0, 0.05) is 0 Å². The number of nitrogens with two attached hydrogens (primary N) is 5. The van der Waals surface area contributed by atoms with Gasteiger partial charge in [-0.2, -0.15) is 0 Å². The molecule has 2 aliphatic rings. The van der Waals surface area contributed by atoms with Gasteiger partial charge in [0.25, 0.3) is 0 Å². The summed E-state index contributed by atoms with van der Waals surface area (Å²) < 4.78 is 13.6. The first-order chi connectivity index (χ1) is 12.8. The Balaban J connectivity index is 2.50. The minimum absolute atomic E-state index is 0.0749. The fourth-order valence-electron chi connectivity index (χ4n) is 4.25. The Kier molecular flexibility index (Phi) is 9.05. The smallest absolute Gasteiger partial charge is 0.394 e. The average molecular weight is 453 g/mol. The van der Waals surface area contributed by atoms with E-state index in [-0.39, 0.29) is 52.0 Å². The fraction of sp³-hybridized carbons (Fsp3) is 0.800. The molecule has 0 aromatic heterocycles. The van der Waals surface area contributed by atoms with Crippen LogP contribution in [0.5, 0.6) is 0 Å². The van der Waals surface area contributed by atoms with Crippen LogP contribution in [0.3, 0.4) is 0 Å². The molecule has 2 saturated heterocycles. The first-order valence-electron chi connectivity index (χ1n) is 9.78. The molecule has 11 nitrogen and oxygen atoms in total. The lowest BCUT2D eigenvalue weighted by molar-refractivity contribution is 0.614. The van der Waals surface area contributed by atoms with Gasteiger partial charge in [-0.1, -0.05) is 26.2 Å². The zero-order chi connectivity index (χ0) is 20.5. The summed E-state index contributed by atoms with van der Waals surface area (Å²) in [4.78, 5) is 0. The van der Waals surface area contributed by atoms with E-state index < -0.39 is 38.7 Å². The van der Waals surface area contributed by atoms with Gasteiger partial charge < -0.3 is 54.8 Å². The molecule has 146 valence electrons. The number of hydrogen-bond donors (Lipinski definition) is 5. The van der Waals surface area contributed by atoms with Crippen molar-refractivity contribution in [2.45, 2.75) is 26.2 Å². The Morgan fingerprint density at radius 1 is 0.630 bits per heavy atom. The van der Waals surface area contributed by atoms with Crippen LogP contribution in [0.4, 0.5) is 0 Å². The van der Waals surface area contributed by atoms with Gasteiger partial charge in [-0.05, 0) is 0 Å². The van der Waals surface area contributed by atoms with Crippen LogP contribution < -0.4 is 28.2 Å². The summed E-state index contributed by atoms with van der Waals surface area (Å²) in [6, 6.07) is 0. The Bertz CT molecular complexity index is 498. The summed E-state index contributed by atoms with van der Waals surface area (Å²) >= 11 is 0. The van der Waals surface area contributed by atoms with Gasteiger partial charge in [0.2, 0.25) is 0 Å². The molecule has 0 aromatic carbocycles. The zero-order valence-electron chi connectivity index (χ0n) is 17.1. The summed E-state index contributed by atoms with van der Waals surface area (Å²) in [5.41, 5.74) is 33.3. The zero-order valence-corrected chi connectivity index (χ0v) is 24.0. The molecule has 0 aliphatic carbocycles. The molecule has 27 heavy (non-hydrogen) atoms. The Hall–Kier alpha value is 0.744. The van der Waals surface area contributed by atoms with Gasteiger partial charge in [0.1, 0.15) is 0 Å². The third-order valence-corrected chi connectivity index (χ3v) is 12.6. The third kappa shape index (κ3) is 4.16. The van der Waals surface area contributed by atoms with Crippen LogP contribution >= 0.6 is 0 Å². The normalized spacial score (nSPS) is 24.3. The molecule has 2 fully saturated rings. The van der Waals surface area contributed by atoms with E-state index in [9.17, 15) is 0 Å². The summed E-state index contributed by atoms with van der Waals surface area (Å²) in [5, 5.41) is 0. The first-order valence-corrected chi connectivity index (χ1v) is 19.3. The van der Waals surface area contributed by atoms with Crippen LogP contribution in [0.25, 0.3) is 0 Å². The summed E-state index contributed by atoms with van der Waals surface area (Å²) in [6.07, 6.45) is 4.13. The highest BCUT2D eigenvalue weighted by Gasteiger charge is 2.58. The molecule has 2 rings (SSSR count). The monoisotopic (exact) mass is 453 g/mol. The van der Waals surface area contributed by atoms with E-state index in [0.717, 1.165) is 0 Å². The van der Waals surface area contributed by atoms with Crippen LogP contribution in [-0.4, -0.2) is 123 Å². The highest BCUT2D eigenvalue weighted by atomic mass is 28.2. The van der Waals surface area contributed by atoms with Gasteiger partial charge >= 0.3 is 42.7 Å². The van der Waals surface area contributed by atoms with Gasteiger partial charge in [-0.15, -0.1) is 6.17 Å². The van der Waals surface area contributed by atoms with Crippen LogP contribution in [-0.2, 0) is 0 Å². The summed E-state index contributed by atoms with van der Waals surface area (Å²) in [5.74, 6) is 0. The molecular weight excluding hydrogens is 419 g/mol. The SMILES string of the molecule is C=[SiH]N1B(N)N([SiH2]C)B(N)N(B2N([SiH2]C)B(N)N([SiH2]C)B(N)N2[SiH2]C)B1N. The van der Waals surface area contributed by atoms with Crippen molar-refractivity contribution in [2.75, 3.05) is 0 Å². The van der Waals surface area contributed by atoms with Crippen molar-refractivity contribution in [2.24, 2.45) is 28.2 Å². The molecule has 0 spiro atoms. The molecule has 2 heterocycles. The molecule has 0 radical (unpaired) electrons. The van der Waals surface area contributed by atoms with Crippen molar-refractivity contribution in [3.63, 3.8) is 0 Å². The van der Waals surface area contributed by atoms with Crippen LogP contribution in [0, 0.1) is 0 Å². The van der Waals surface area contributed by atoms with Crippen molar-refractivity contribution >= 4 is 96.9 Å². The number of rotatable bonds is 6. The fourth-order valence-corrected chi connectivity index (χ4v) is 10.8. The average Bonchev–Trinajstić information content (AvgIpc) is 2.63. The second-order valence-corrected chi connectivity index (χ2v) is 13.2. The molecule has 0 atom stereocenters. The largest absolute Gasteiger partial charge is 0.448 e. The Labute approximate surface area is 177 Å². The van der Waals surface area contributed by atoms with Crippen LogP contribution in [0.15, 0.2) is 0 Å². The second kappa shape index (κ2) is 10.2. The molecule has 0 amide bonds. The van der Waals surface area contributed by atoms with E-state index in [1.165, 1.54) is 0 Å². The van der Waals surface area contributed by atoms with Gasteiger partial charge in [-0.25, -0.2) is 0 Å². The van der Waals surface area contributed by atoms with E-state index in [2.05, 4.69) is 58.9 Å². The number of nitrogens with zero attached hydrogens (tertiary/aromatic N) is 6. The molecule has 0 bridgehead atoms. The van der Waals surface area contributed by atoms with Gasteiger partial charge in [0.15, 0.2) is 0 Å². The Morgan fingerprint density at radius 3 is 1.41 bits per heavy atom. The topological polar surface area (TPSA) is 150 Å². The molecule has 0 saturated carbocycles. The first kappa shape index (κ1) is 24.0. The molecule has 2 aliphatic heterocycles. The van der Waals surface area contributed by atoms with Crippen LogP contribution in [0.2, 0.25) is 26.2 Å². The minimum Gasteiger partial charge on any atom is -0.448 e. The van der Waals surface area contributed by atoms with Crippen molar-refractivity contribution in [3.8, 4) is 0 Å². The molecule has 10 N–H and O–H groups in total. The maximum Gasteiger partial charge on any atom is 0.394 e. The highest BCUT2D eigenvalue weighted by Crippen LogP contribution is 2.20. The molecule has 0 unspecified atom stereocenters. The van der Waals surface area contributed by atoms with Gasteiger partial charge in [0.05, 0.1) is 48.0 Å². The number of hydrogen-bond acceptors (Lipinski definition) is 11. The molecule has 22 heteroatoms. The predicted molar refractivity (Wildman–Crippen MR) is 138 cm³/mol. The summed E-state index contributed by atoms with van der Waals surface area (Å²) in [7, 11) is -3.95. The maximum atomic E-state index is 6.73. The lowest BCUT2D eigenvalue weighted by atomic mass is 9.51. The van der Waals surface area contributed by atoms with E-state index >= 15 is 0 Å². The van der Waals surface area contributed by atoms with E-state index in [1.54, 1.807) is 0 Å². The highest BCUT2D eigenvalue weighted by molar-refractivity contribution is 7.04.